The largest absolute Gasteiger partial charge is 0.479 e. The second-order valence-corrected chi connectivity index (χ2v) is 5.03. The Morgan fingerprint density at radius 1 is 1.53 bits per heavy atom. The molecule has 0 aromatic heterocycles. The molecule has 1 aliphatic carbocycles. The van der Waals surface area contributed by atoms with Crippen LogP contribution in [0, 0.1) is 11.3 Å². The van der Waals surface area contributed by atoms with Crippen molar-refractivity contribution in [3.8, 4) is 0 Å². The van der Waals surface area contributed by atoms with Crippen LogP contribution in [0.3, 0.4) is 0 Å². The molecule has 1 heterocycles. The number of fused-ring (bicyclic) bond motifs is 2. The number of hydrogen-bond acceptors (Lipinski definition) is 5. The number of carboxylic acids is 1. The molecule has 0 radical (unpaired) electrons. The van der Waals surface area contributed by atoms with Crippen molar-refractivity contribution in [1.29, 1.82) is 0 Å². The third kappa shape index (κ3) is 1.43. The van der Waals surface area contributed by atoms with E-state index in [1.165, 1.54) is 0 Å². The first-order chi connectivity index (χ1) is 7.81. The Labute approximate surface area is 97.9 Å². The van der Waals surface area contributed by atoms with Gasteiger partial charge in [-0.2, -0.15) is 0 Å². The Balaban J connectivity index is 2.21. The van der Waals surface area contributed by atoms with Gasteiger partial charge in [-0.25, -0.2) is 9.59 Å². The lowest BCUT2D eigenvalue weighted by Gasteiger charge is -2.32. The van der Waals surface area contributed by atoms with Crippen LogP contribution in [-0.4, -0.2) is 35.2 Å². The number of carbonyl (C=O) groups is 3. The van der Waals surface area contributed by atoms with Crippen LogP contribution in [0.1, 0.15) is 26.7 Å². The van der Waals surface area contributed by atoms with Gasteiger partial charge in [-0.1, -0.05) is 13.8 Å². The maximum atomic E-state index is 11.9. The third-order valence-corrected chi connectivity index (χ3v) is 3.91. The van der Waals surface area contributed by atoms with Gasteiger partial charge < -0.3 is 14.6 Å². The van der Waals surface area contributed by atoms with Crippen molar-refractivity contribution in [2.45, 2.75) is 32.3 Å². The van der Waals surface area contributed by atoms with Crippen LogP contribution >= 0.6 is 0 Å². The molecule has 0 aromatic rings. The Morgan fingerprint density at radius 3 is 2.59 bits per heavy atom. The Hall–Kier alpha value is -1.59. The molecule has 0 aromatic carbocycles. The first-order valence-electron chi connectivity index (χ1n) is 5.43. The van der Waals surface area contributed by atoms with E-state index in [2.05, 4.69) is 4.74 Å². The highest BCUT2D eigenvalue weighted by Gasteiger charge is 2.70. The molecule has 1 saturated carbocycles. The number of aliphatic carboxylic acids is 1. The highest BCUT2D eigenvalue weighted by Crippen LogP contribution is 2.58. The van der Waals surface area contributed by atoms with Gasteiger partial charge in [0.15, 0.2) is 6.61 Å². The molecule has 0 amide bonds. The second-order valence-electron chi connectivity index (χ2n) is 5.03. The van der Waals surface area contributed by atoms with Crippen molar-refractivity contribution in [1.82, 2.24) is 0 Å². The normalized spacial score (nSPS) is 33.3. The molecular formula is C11H14O6. The van der Waals surface area contributed by atoms with Crippen LogP contribution < -0.4 is 0 Å². The minimum atomic E-state index is -1.30. The zero-order valence-corrected chi connectivity index (χ0v) is 9.69. The smallest absolute Gasteiger partial charge is 0.351 e. The number of hydrogen-bond donors (Lipinski definition) is 1. The van der Waals surface area contributed by atoms with Gasteiger partial charge in [0.05, 0.1) is 5.92 Å². The van der Waals surface area contributed by atoms with E-state index in [1.54, 1.807) is 13.8 Å². The molecular weight excluding hydrogens is 228 g/mol. The maximum absolute atomic E-state index is 11.9. The van der Waals surface area contributed by atoms with E-state index in [9.17, 15) is 14.4 Å². The van der Waals surface area contributed by atoms with Gasteiger partial charge in [0, 0.05) is 5.41 Å². The van der Waals surface area contributed by atoms with Crippen molar-refractivity contribution in [2.75, 3.05) is 6.61 Å². The lowest BCUT2D eigenvalue weighted by molar-refractivity contribution is -0.184. The number of carboxylic acid groups (broad SMARTS) is 1. The Morgan fingerprint density at radius 2 is 2.18 bits per heavy atom. The second kappa shape index (κ2) is 3.45. The average Bonchev–Trinajstić information content (AvgIpc) is 2.59. The van der Waals surface area contributed by atoms with Gasteiger partial charge in [0.2, 0.25) is 5.60 Å². The SMILES string of the molecule is CC1(C)C2CCC1(C(=O)OCC(=O)O)OC2=O. The third-order valence-electron chi connectivity index (χ3n) is 3.91. The zero-order valence-electron chi connectivity index (χ0n) is 9.69. The molecule has 1 aliphatic heterocycles. The summed E-state index contributed by atoms with van der Waals surface area (Å²) in [5, 5.41) is 8.47. The number of carbonyl (C=O) groups excluding carboxylic acids is 2. The standard InChI is InChI=1S/C11H14O6/c1-10(2)6-3-4-11(10,17-8(6)14)9(15)16-5-7(12)13/h6H,3-5H2,1-2H3,(H,12,13). The van der Waals surface area contributed by atoms with Crippen molar-refractivity contribution >= 4 is 17.9 Å². The molecule has 94 valence electrons. The fourth-order valence-electron chi connectivity index (χ4n) is 2.80. The molecule has 6 nitrogen and oxygen atoms in total. The first kappa shape index (κ1) is 11.9. The van der Waals surface area contributed by atoms with Crippen LogP contribution in [0.2, 0.25) is 0 Å². The van der Waals surface area contributed by atoms with E-state index in [0.29, 0.717) is 12.8 Å². The molecule has 2 unspecified atom stereocenters. The molecule has 2 bridgehead atoms. The average molecular weight is 242 g/mol. The van der Waals surface area contributed by atoms with E-state index in [-0.39, 0.29) is 5.92 Å². The van der Waals surface area contributed by atoms with Crippen molar-refractivity contribution in [3.63, 3.8) is 0 Å². The summed E-state index contributed by atoms with van der Waals surface area (Å²) in [6.45, 7) is 2.84. The van der Waals surface area contributed by atoms with Crippen LogP contribution in [0.25, 0.3) is 0 Å². The van der Waals surface area contributed by atoms with Crippen LogP contribution in [0.4, 0.5) is 0 Å². The first-order valence-corrected chi connectivity index (χ1v) is 5.43. The summed E-state index contributed by atoms with van der Waals surface area (Å²) in [6, 6.07) is 0. The predicted molar refractivity (Wildman–Crippen MR) is 53.9 cm³/mol. The van der Waals surface area contributed by atoms with Crippen molar-refractivity contribution in [2.24, 2.45) is 11.3 Å². The topological polar surface area (TPSA) is 89.9 Å². The molecule has 2 aliphatic rings. The fraction of sp³-hybridized carbons (Fsp3) is 0.727. The van der Waals surface area contributed by atoms with Gasteiger partial charge in [0.1, 0.15) is 0 Å². The fourth-order valence-corrected chi connectivity index (χ4v) is 2.80. The summed E-state index contributed by atoms with van der Waals surface area (Å²) < 4.78 is 9.83. The van der Waals surface area contributed by atoms with E-state index >= 15 is 0 Å². The van der Waals surface area contributed by atoms with Crippen molar-refractivity contribution in [3.05, 3.63) is 0 Å². The van der Waals surface area contributed by atoms with Crippen molar-refractivity contribution < 1.29 is 29.0 Å². The lowest BCUT2D eigenvalue weighted by Crippen LogP contribution is -2.48. The molecule has 0 spiro atoms. The monoisotopic (exact) mass is 242 g/mol. The highest BCUT2D eigenvalue weighted by atomic mass is 16.6. The Bertz CT molecular complexity index is 399. The summed E-state index contributed by atoms with van der Waals surface area (Å²) in [5.41, 5.74) is -1.94. The molecule has 1 saturated heterocycles. The summed E-state index contributed by atoms with van der Waals surface area (Å²) in [5.74, 6) is -2.68. The summed E-state index contributed by atoms with van der Waals surface area (Å²) in [6.07, 6.45) is 0.975. The number of ether oxygens (including phenoxy) is 2. The Kier molecular flexibility index (Phi) is 2.41. The molecule has 1 N–H and O–H groups in total. The molecule has 2 rings (SSSR count). The maximum Gasteiger partial charge on any atom is 0.351 e. The van der Waals surface area contributed by atoms with Gasteiger partial charge in [-0.15, -0.1) is 0 Å². The van der Waals surface area contributed by atoms with E-state index in [0.717, 1.165) is 0 Å². The van der Waals surface area contributed by atoms with E-state index in [4.69, 9.17) is 9.84 Å². The number of rotatable bonds is 3. The van der Waals surface area contributed by atoms with Gasteiger partial charge in [0.25, 0.3) is 0 Å². The predicted octanol–water partition coefficient (Wildman–Crippen LogP) is 0.346. The molecule has 2 atom stereocenters. The van der Waals surface area contributed by atoms with Gasteiger partial charge in [-0.3, -0.25) is 4.79 Å². The molecule has 6 heteroatoms. The van der Waals surface area contributed by atoms with Gasteiger partial charge >= 0.3 is 17.9 Å². The summed E-state index contributed by atoms with van der Waals surface area (Å²) in [4.78, 5) is 33.8. The van der Waals surface area contributed by atoms with Crippen LogP contribution in [-0.2, 0) is 23.9 Å². The summed E-state index contributed by atoms with van der Waals surface area (Å²) >= 11 is 0. The van der Waals surface area contributed by atoms with Crippen LogP contribution in [0.5, 0.6) is 0 Å². The number of esters is 2. The quantitative estimate of drug-likeness (QED) is 0.718. The molecule has 2 fully saturated rings. The van der Waals surface area contributed by atoms with Gasteiger partial charge in [-0.05, 0) is 12.8 Å². The lowest BCUT2D eigenvalue weighted by atomic mass is 9.75. The van der Waals surface area contributed by atoms with E-state index < -0.39 is 35.5 Å². The summed E-state index contributed by atoms with van der Waals surface area (Å²) in [7, 11) is 0. The highest BCUT2D eigenvalue weighted by molar-refractivity contribution is 5.92. The minimum absolute atomic E-state index is 0.306. The minimum Gasteiger partial charge on any atom is -0.479 e. The zero-order chi connectivity index (χ0) is 12.8. The molecule has 17 heavy (non-hydrogen) atoms. The van der Waals surface area contributed by atoms with E-state index in [1.807, 2.05) is 0 Å². The van der Waals surface area contributed by atoms with Crippen LogP contribution in [0.15, 0.2) is 0 Å².